The summed E-state index contributed by atoms with van der Waals surface area (Å²) in [5, 5.41) is 0. The number of Topliss-reactive ketones (excluding diaryl/α,β-unsaturated/α-hetero) is 1. The van der Waals surface area contributed by atoms with Gasteiger partial charge in [-0.3, -0.25) is 4.79 Å². The summed E-state index contributed by atoms with van der Waals surface area (Å²) in [6.07, 6.45) is 0.454. The van der Waals surface area contributed by atoms with Gasteiger partial charge in [-0.05, 0) is 29.2 Å². The first-order chi connectivity index (χ1) is 9.97. The molecule has 2 heteroatoms. The fourth-order valence-electron chi connectivity index (χ4n) is 2.27. The van der Waals surface area contributed by atoms with Gasteiger partial charge in [-0.1, -0.05) is 50.2 Å². The molecule has 0 aromatic heterocycles. The first kappa shape index (κ1) is 15.3. The van der Waals surface area contributed by atoms with E-state index in [-0.39, 0.29) is 5.78 Å². The molecule has 0 bridgehead atoms. The van der Waals surface area contributed by atoms with Crippen LogP contribution in [0.4, 0.5) is 5.69 Å². The third-order valence-electron chi connectivity index (χ3n) is 3.70. The predicted molar refractivity (Wildman–Crippen MR) is 89.3 cm³/mol. The Morgan fingerprint density at radius 1 is 1.05 bits per heavy atom. The average molecular weight is 281 g/mol. The van der Waals surface area contributed by atoms with E-state index in [1.54, 1.807) is 0 Å². The van der Waals surface area contributed by atoms with E-state index < -0.39 is 0 Å². The van der Waals surface area contributed by atoms with Crippen molar-refractivity contribution in [2.75, 3.05) is 19.0 Å². The lowest BCUT2D eigenvalue weighted by Gasteiger charge is -2.13. The maximum atomic E-state index is 12.4. The molecule has 0 unspecified atom stereocenters. The minimum atomic E-state index is 0.163. The van der Waals surface area contributed by atoms with E-state index in [1.807, 2.05) is 43.3 Å². The number of rotatable bonds is 5. The van der Waals surface area contributed by atoms with Gasteiger partial charge in [0.1, 0.15) is 0 Å². The number of benzene rings is 2. The zero-order valence-corrected chi connectivity index (χ0v) is 13.3. The van der Waals surface area contributed by atoms with Gasteiger partial charge in [0, 0.05) is 31.8 Å². The van der Waals surface area contributed by atoms with E-state index in [9.17, 15) is 4.79 Å². The van der Waals surface area contributed by atoms with Crippen LogP contribution in [0.1, 0.15) is 41.3 Å². The first-order valence-electron chi connectivity index (χ1n) is 7.37. The molecular formula is C19H23NO. The molecule has 0 saturated heterocycles. The minimum Gasteiger partial charge on any atom is -0.378 e. The molecule has 21 heavy (non-hydrogen) atoms. The summed E-state index contributed by atoms with van der Waals surface area (Å²) >= 11 is 0. The molecule has 0 fully saturated rings. The van der Waals surface area contributed by atoms with Crippen LogP contribution < -0.4 is 4.90 Å². The topological polar surface area (TPSA) is 20.3 Å². The third kappa shape index (κ3) is 3.94. The Bertz CT molecular complexity index is 612. The second kappa shape index (κ2) is 6.57. The van der Waals surface area contributed by atoms with Gasteiger partial charge in [0.2, 0.25) is 0 Å². The summed E-state index contributed by atoms with van der Waals surface area (Å²) in [5.74, 6) is 0.683. The predicted octanol–water partition coefficient (Wildman–Crippen LogP) is 4.30. The van der Waals surface area contributed by atoms with Crippen molar-refractivity contribution >= 4 is 11.5 Å². The Hall–Kier alpha value is -2.09. The molecule has 0 spiro atoms. The summed E-state index contributed by atoms with van der Waals surface area (Å²) in [7, 11) is 3.96. The highest BCUT2D eigenvalue weighted by molar-refractivity contribution is 5.98. The number of anilines is 1. The van der Waals surface area contributed by atoms with Gasteiger partial charge >= 0.3 is 0 Å². The largest absolute Gasteiger partial charge is 0.378 e. The van der Waals surface area contributed by atoms with Gasteiger partial charge in [0.25, 0.3) is 0 Å². The number of nitrogens with zero attached hydrogens (tertiary/aromatic N) is 1. The van der Waals surface area contributed by atoms with Crippen LogP contribution in [-0.2, 0) is 6.42 Å². The molecule has 2 aromatic rings. The van der Waals surface area contributed by atoms with E-state index in [4.69, 9.17) is 0 Å². The zero-order chi connectivity index (χ0) is 15.4. The highest BCUT2D eigenvalue weighted by atomic mass is 16.1. The summed E-state index contributed by atoms with van der Waals surface area (Å²) < 4.78 is 0. The molecule has 0 aliphatic rings. The van der Waals surface area contributed by atoms with Crippen molar-refractivity contribution < 1.29 is 4.79 Å². The Balaban J connectivity index is 2.12. The minimum absolute atomic E-state index is 0.163. The SMILES string of the molecule is CC(C)c1ccc(CC(=O)c2cccc(N(C)C)c2)cc1. The number of hydrogen-bond acceptors (Lipinski definition) is 2. The monoisotopic (exact) mass is 281 g/mol. The van der Waals surface area contributed by atoms with Gasteiger partial charge in [-0.15, -0.1) is 0 Å². The number of carbonyl (C=O) groups is 1. The van der Waals surface area contributed by atoms with Gasteiger partial charge in [0.15, 0.2) is 5.78 Å². The summed E-state index contributed by atoms with van der Waals surface area (Å²) in [4.78, 5) is 14.4. The Labute approximate surface area is 127 Å². The number of ketones is 1. The second-order valence-electron chi connectivity index (χ2n) is 5.94. The molecule has 0 aliphatic heterocycles. The van der Waals surface area contributed by atoms with Crippen LogP contribution in [0.5, 0.6) is 0 Å². The van der Waals surface area contributed by atoms with E-state index in [1.165, 1.54) is 5.56 Å². The quantitative estimate of drug-likeness (QED) is 0.761. The molecule has 0 aliphatic carbocycles. The maximum Gasteiger partial charge on any atom is 0.167 e. The van der Waals surface area contributed by atoms with Crippen LogP contribution in [0.2, 0.25) is 0 Å². The molecule has 110 valence electrons. The van der Waals surface area contributed by atoms with Crippen LogP contribution in [-0.4, -0.2) is 19.9 Å². The second-order valence-corrected chi connectivity index (χ2v) is 5.94. The third-order valence-corrected chi connectivity index (χ3v) is 3.70. The lowest BCUT2D eigenvalue weighted by molar-refractivity contribution is 0.0993. The normalized spacial score (nSPS) is 10.7. The van der Waals surface area contributed by atoms with Gasteiger partial charge in [0.05, 0.1) is 0 Å². The maximum absolute atomic E-state index is 12.4. The standard InChI is InChI=1S/C19H23NO/c1-14(2)16-10-8-15(9-11-16)12-19(21)17-6-5-7-18(13-17)20(3)4/h5-11,13-14H,12H2,1-4H3. The summed E-state index contributed by atoms with van der Waals surface area (Å²) in [5.41, 5.74) is 4.20. The lowest BCUT2D eigenvalue weighted by atomic mass is 9.98. The van der Waals surface area contributed by atoms with E-state index in [0.29, 0.717) is 12.3 Å². The smallest absolute Gasteiger partial charge is 0.167 e. The Morgan fingerprint density at radius 2 is 1.71 bits per heavy atom. The molecule has 0 heterocycles. The number of carbonyl (C=O) groups excluding carboxylic acids is 1. The zero-order valence-electron chi connectivity index (χ0n) is 13.3. The van der Waals surface area contributed by atoms with Crippen molar-refractivity contribution in [3.05, 3.63) is 65.2 Å². The number of hydrogen-bond donors (Lipinski definition) is 0. The van der Waals surface area contributed by atoms with Crippen LogP contribution >= 0.6 is 0 Å². The van der Waals surface area contributed by atoms with Crippen molar-refractivity contribution in [1.82, 2.24) is 0 Å². The highest BCUT2D eigenvalue weighted by Crippen LogP contribution is 2.18. The molecule has 0 radical (unpaired) electrons. The van der Waals surface area contributed by atoms with Gasteiger partial charge < -0.3 is 4.90 Å². The molecule has 0 atom stereocenters. The van der Waals surface area contributed by atoms with Crippen LogP contribution in [0.25, 0.3) is 0 Å². The fourth-order valence-corrected chi connectivity index (χ4v) is 2.27. The average Bonchev–Trinajstić information content (AvgIpc) is 2.48. The van der Waals surface area contributed by atoms with Gasteiger partial charge in [-0.25, -0.2) is 0 Å². The molecule has 2 nitrogen and oxygen atoms in total. The molecule has 0 amide bonds. The van der Waals surface area contributed by atoms with Crippen LogP contribution in [0.15, 0.2) is 48.5 Å². The summed E-state index contributed by atoms with van der Waals surface area (Å²) in [6, 6.07) is 16.1. The Morgan fingerprint density at radius 3 is 2.29 bits per heavy atom. The molecule has 0 saturated carbocycles. The lowest BCUT2D eigenvalue weighted by Crippen LogP contribution is -2.10. The van der Waals surface area contributed by atoms with Crippen molar-refractivity contribution in [2.45, 2.75) is 26.2 Å². The van der Waals surface area contributed by atoms with E-state index in [2.05, 4.69) is 38.1 Å². The molecule has 2 rings (SSSR count). The van der Waals surface area contributed by atoms with E-state index in [0.717, 1.165) is 16.8 Å². The van der Waals surface area contributed by atoms with Crippen molar-refractivity contribution in [1.29, 1.82) is 0 Å². The molecule has 2 aromatic carbocycles. The first-order valence-corrected chi connectivity index (χ1v) is 7.37. The van der Waals surface area contributed by atoms with Crippen molar-refractivity contribution in [3.63, 3.8) is 0 Å². The Kier molecular flexibility index (Phi) is 4.79. The van der Waals surface area contributed by atoms with Gasteiger partial charge in [-0.2, -0.15) is 0 Å². The van der Waals surface area contributed by atoms with Crippen LogP contribution in [0, 0.1) is 0 Å². The molecule has 0 N–H and O–H groups in total. The van der Waals surface area contributed by atoms with Crippen molar-refractivity contribution in [2.24, 2.45) is 0 Å². The fraction of sp³-hybridized carbons (Fsp3) is 0.316. The van der Waals surface area contributed by atoms with Crippen LogP contribution in [0.3, 0.4) is 0 Å². The van der Waals surface area contributed by atoms with Crippen molar-refractivity contribution in [3.8, 4) is 0 Å². The summed E-state index contributed by atoms with van der Waals surface area (Å²) in [6.45, 7) is 4.35. The molecular weight excluding hydrogens is 258 g/mol. The highest BCUT2D eigenvalue weighted by Gasteiger charge is 2.09. The van der Waals surface area contributed by atoms with E-state index >= 15 is 0 Å².